The number of rotatable bonds is 11. The number of hydrogen-bond donors (Lipinski definition) is 1. The van der Waals surface area contributed by atoms with Crippen LogP contribution in [0.15, 0.2) is 24.3 Å². The molecule has 2 rings (SSSR count). The van der Waals surface area contributed by atoms with Crippen LogP contribution in [-0.4, -0.2) is 50.9 Å². The monoisotopic (exact) mass is 444 g/mol. The highest BCUT2D eigenvalue weighted by atomic mass is 16.5. The molecule has 8 nitrogen and oxygen atoms in total. The number of ether oxygens (including phenoxy) is 4. The second-order valence-corrected chi connectivity index (χ2v) is 7.49. The van der Waals surface area contributed by atoms with E-state index in [2.05, 4.69) is 0 Å². The molecule has 0 saturated carbocycles. The van der Waals surface area contributed by atoms with Gasteiger partial charge in [0.05, 0.1) is 40.4 Å². The molecule has 0 bridgehead atoms. The average Bonchev–Trinajstić information content (AvgIpc) is 2.76. The van der Waals surface area contributed by atoms with E-state index < -0.39 is 23.7 Å². The quantitative estimate of drug-likeness (QED) is 0.407. The summed E-state index contributed by atoms with van der Waals surface area (Å²) in [5.41, 5.74) is -0.175. The molecule has 0 aliphatic rings. The number of Topliss-reactive ketones (excluding diaryl/α,β-unsaturated/α-hetero) is 3. The predicted molar refractivity (Wildman–Crippen MR) is 118 cm³/mol. The van der Waals surface area contributed by atoms with Crippen LogP contribution in [0.2, 0.25) is 0 Å². The van der Waals surface area contributed by atoms with Gasteiger partial charge in [-0.15, -0.1) is 0 Å². The summed E-state index contributed by atoms with van der Waals surface area (Å²) >= 11 is 0. The topological polar surface area (TPSA) is 108 Å². The molecule has 0 spiro atoms. The lowest BCUT2D eigenvalue weighted by atomic mass is 9.93. The van der Waals surface area contributed by atoms with Crippen LogP contribution in [0, 0.1) is 5.92 Å². The van der Waals surface area contributed by atoms with Gasteiger partial charge in [-0.05, 0) is 18.1 Å². The average molecular weight is 444 g/mol. The van der Waals surface area contributed by atoms with Crippen molar-refractivity contribution >= 4 is 17.3 Å². The zero-order valence-corrected chi connectivity index (χ0v) is 19.1. The van der Waals surface area contributed by atoms with Crippen molar-refractivity contribution in [2.45, 2.75) is 26.7 Å². The molecule has 32 heavy (non-hydrogen) atoms. The Balaban J connectivity index is 2.49. The molecule has 0 aromatic heterocycles. The first kappa shape index (κ1) is 24.7. The number of methoxy groups -OCH3 is 4. The van der Waals surface area contributed by atoms with E-state index in [0.29, 0.717) is 5.75 Å². The van der Waals surface area contributed by atoms with Gasteiger partial charge in [0.2, 0.25) is 0 Å². The largest absolute Gasteiger partial charge is 0.506 e. The summed E-state index contributed by atoms with van der Waals surface area (Å²) < 4.78 is 20.8. The van der Waals surface area contributed by atoms with Crippen molar-refractivity contribution in [1.29, 1.82) is 0 Å². The van der Waals surface area contributed by atoms with Crippen molar-refractivity contribution in [2.24, 2.45) is 5.92 Å². The van der Waals surface area contributed by atoms with Gasteiger partial charge in [-0.1, -0.05) is 13.8 Å². The van der Waals surface area contributed by atoms with Crippen molar-refractivity contribution in [3.63, 3.8) is 0 Å². The smallest absolute Gasteiger partial charge is 0.178 e. The van der Waals surface area contributed by atoms with Crippen LogP contribution in [0.4, 0.5) is 0 Å². The SMILES string of the molecule is COc1ccc(C(=O)CC(=O)c2c(OC)cc(OC)c(C(=O)CC(C)C)c2O)c(OC)c1. The molecular weight excluding hydrogens is 416 g/mol. The predicted octanol–water partition coefficient (Wildman–Crippen LogP) is 4.11. The maximum Gasteiger partial charge on any atom is 0.178 e. The maximum atomic E-state index is 13.1. The molecule has 0 aliphatic carbocycles. The maximum absolute atomic E-state index is 13.1. The van der Waals surface area contributed by atoms with Crippen LogP contribution in [0.3, 0.4) is 0 Å². The van der Waals surface area contributed by atoms with E-state index in [4.69, 9.17) is 18.9 Å². The van der Waals surface area contributed by atoms with Crippen molar-refractivity contribution in [2.75, 3.05) is 28.4 Å². The number of phenols is 1. The second-order valence-electron chi connectivity index (χ2n) is 7.49. The van der Waals surface area contributed by atoms with E-state index in [1.807, 2.05) is 13.8 Å². The Bertz CT molecular complexity index is 1020. The summed E-state index contributed by atoms with van der Waals surface area (Å²) in [4.78, 5) is 38.7. The van der Waals surface area contributed by atoms with Gasteiger partial charge < -0.3 is 24.1 Å². The van der Waals surface area contributed by atoms with Crippen LogP contribution < -0.4 is 18.9 Å². The van der Waals surface area contributed by atoms with Gasteiger partial charge >= 0.3 is 0 Å². The Morgan fingerprint density at radius 2 is 1.34 bits per heavy atom. The van der Waals surface area contributed by atoms with Crippen LogP contribution in [0.25, 0.3) is 0 Å². The van der Waals surface area contributed by atoms with Crippen molar-refractivity contribution < 1.29 is 38.4 Å². The third-order valence-electron chi connectivity index (χ3n) is 4.85. The molecule has 0 aliphatic heterocycles. The highest BCUT2D eigenvalue weighted by Gasteiger charge is 2.29. The fraction of sp³-hybridized carbons (Fsp3) is 0.375. The first-order chi connectivity index (χ1) is 15.2. The Labute approximate surface area is 187 Å². The summed E-state index contributed by atoms with van der Waals surface area (Å²) in [5, 5.41) is 10.9. The molecule has 0 heterocycles. The third-order valence-corrected chi connectivity index (χ3v) is 4.85. The van der Waals surface area contributed by atoms with Gasteiger partial charge in [0.15, 0.2) is 17.3 Å². The molecule has 2 aromatic carbocycles. The zero-order chi connectivity index (χ0) is 24.0. The second kappa shape index (κ2) is 10.7. The number of aromatic hydroxyl groups is 1. The number of carbonyl (C=O) groups excluding carboxylic acids is 3. The molecule has 172 valence electrons. The molecule has 2 aromatic rings. The zero-order valence-electron chi connectivity index (χ0n) is 19.1. The number of benzene rings is 2. The van der Waals surface area contributed by atoms with Crippen LogP contribution in [0.5, 0.6) is 28.7 Å². The molecule has 0 saturated heterocycles. The van der Waals surface area contributed by atoms with Crippen LogP contribution in [-0.2, 0) is 0 Å². The molecular formula is C24H28O8. The standard InChI is InChI=1S/C24H28O8/c1-13(2)9-17(26)22-20(31-5)12-21(32-6)23(24(22)28)18(27)11-16(25)15-8-7-14(29-3)10-19(15)30-4/h7-8,10,12-13,28H,9,11H2,1-6H3. The summed E-state index contributed by atoms with van der Waals surface area (Å²) in [6, 6.07) is 5.97. The van der Waals surface area contributed by atoms with Crippen LogP contribution in [0.1, 0.15) is 57.8 Å². The van der Waals surface area contributed by atoms with E-state index in [0.717, 1.165) is 0 Å². The fourth-order valence-corrected chi connectivity index (χ4v) is 3.31. The summed E-state index contributed by atoms with van der Waals surface area (Å²) in [6.45, 7) is 3.72. The number of phenolic OH excluding ortho intramolecular Hbond substituents is 1. The van der Waals surface area contributed by atoms with Gasteiger partial charge in [-0.2, -0.15) is 0 Å². The van der Waals surface area contributed by atoms with Gasteiger partial charge in [0.1, 0.15) is 39.9 Å². The molecule has 0 radical (unpaired) electrons. The first-order valence-corrected chi connectivity index (χ1v) is 9.97. The lowest BCUT2D eigenvalue weighted by Crippen LogP contribution is -2.14. The van der Waals surface area contributed by atoms with Gasteiger partial charge in [-0.3, -0.25) is 14.4 Å². The highest BCUT2D eigenvalue weighted by Crippen LogP contribution is 2.40. The lowest BCUT2D eigenvalue weighted by Gasteiger charge is -2.17. The number of hydrogen-bond acceptors (Lipinski definition) is 8. The minimum absolute atomic E-state index is 0.0000529. The Hall–Kier alpha value is -3.55. The highest BCUT2D eigenvalue weighted by molar-refractivity contribution is 6.17. The summed E-state index contributed by atoms with van der Waals surface area (Å²) in [7, 11) is 5.55. The Kier molecular flexibility index (Phi) is 8.23. The molecule has 0 amide bonds. The number of ketones is 3. The van der Waals surface area contributed by atoms with Gasteiger partial charge in [-0.25, -0.2) is 0 Å². The Morgan fingerprint density at radius 3 is 1.84 bits per heavy atom. The summed E-state index contributed by atoms with van der Waals surface area (Å²) in [6.07, 6.45) is -0.428. The Morgan fingerprint density at radius 1 is 0.781 bits per heavy atom. The molecule has 8 heteroatoms. The molecule has 1 N–H and O–H groups in total. The van der Waals surface area contributed by atoms with Crippen molar-refractivity contribution in [1.82, 2.24) is 0 Å². The van der Waals surface area contributed by atoms with E-state index in [-0.39, 0.29) is 52.1 Å². The van der Waals surface area contributed by atoms with E-state index in [1.54, 1.807) is 6.07 Å². The fourth-order valence-electron chi connectivity index (χ4n) is 3.31. The third kappa shape index (κ3) is 5.19. The van der Waals surface area contributed by atoms with Gasteiger partial charge in [0.25, 0.3) is 0 Å². The van der Waals surface area contributed by atoms with E-state index in [9.17, 15) is 19.5 Å². The van der Waals surface area contributed by atoms with Crippen molar-refractivity contribution in [3.05, 3.63) is 41.0 Å². The minimum atomic E-state index is -0.705. The summed E-state index contributed by atoms with van der Waals surface area (Å²) in [5.74, 6) is -1.32. The van der Waals surface area contributed by atoms with Gasteiger partial charge in [0, 0.05) is 18.6 Å². The number of carbonyl (C=O) groups is 3. The normalized spacial score (nSPS) is 10.6. The van der Waals surface area contributed by atoms with Crippen LogP contribution >= 0.6 is 0 Å². The van der Waals surface area contributed by atoms with E-state index in [1.165, 1.54) is 46.6 Å². The first-order valence-electron chi connectivity index (χ1n) is 9.97. The lowest BCUT2D eigenvalue weighted by molar-refractivity contribution is 0.0889. The molecule has 0 unspecified atom stereocenters. The molecule has 0 atom stereocenters. The minimum Gasteiger partial charge on any atom is -0.506 e. The molecule has 0 fully saturated rings. The van der Waals surface area contributed by atoms with Crippen molar-refractivity contribution in [3.8, 4) is 28.7 Å². The van der Waals surface area contributed by atoms with E-state index >= 15 is 0 Å².